The average molecular weight is 326 g/mol. The summed E-state index contributed by atoms with van der Waals surface area (Å²) in [5, 5.41) is 5.49. The molecule has 3 rings (SSSR count). The highest BCUT2D eigenvalue weighted by Gasteiger charge is 2.12. The van der Waals surface area contributed by atoms with Gasteiger partial charge in [0.1, 0.15) is 17.3 Å². The average Bonchev–Trinajstić information content (AvgIpc) is 3.08. The van der Waals surface area contributed by atoms with Gasteiger partial charge in [0.2, 0.25) is 5.95 Å². The van der Waals surface area contributed by atoms with Gasteiger partial charge in [-0.1, -0.05) is 12.1 Å². The molecular formula is C17H15FN4O2. The number of amides is 1. The number of anilines is 2. The van der Waals surface area contributed by atoms with E-state index in [-0.39, 0.29) is 29.8 Å². The van der Waals surface area contributed by atoms with E-state index in [2.05, 4.69) is 20.6 Å². The first-order chi connectivity index (χ1) is 11.6. The molecule has 2 heterocycles. The predicted molar refractivity (Wildman–Crippen MR) is 86.3 cm³/mol. The molecule has 0 saturated carbocycles. The summed E-state index contributed by atoms with van der Waals surface area (Å²) >= 11 is 0. The molecule has 0 radical (unpaired) electrons. The number of carbonyl (C=O) groups is 1. The molecule has 0 aliphatic rings. The second kappa shape index (κ2) is 6.91. The monoisotopic (exact) mass is 326 g/mol. The molecule has 0 fully saturated rings. The number of benzene rings is 1. The lowest BCUT2D eigenvalue weighted by Gasteiger charge is -2.09. The Labute approximate surface area is 137 Å². The fourth-order valence-electron chi connectivity index (χ4n) is 2.09. The molecule has 1 aromatic carbocycles. The number of nitrogens with one attached hydrogen (secondary N) is 2. The second-order valence-electron chi connectivity index (χ2n) is 5.09. The van der Waals surface area contributed by atoms with Crippen LogP contribution in [0.25, 0.3) is 0 Å². The fourth-order valence-corrected chi connectivity index (χ4v) is 2.09. The van der Waals surface area contributed by atoms with Crippen LogP contribution in [-0.4, -0.2) is 15.9 Å². The number of carbonyl (C=O) groups excluding carboxylic acids is 1. The molecule has 0 unspecified atom stereocenters. The number of aromatic nitrogens is 2. The van der Waals surface area contributed by atoms with Crippen molar-refractivity contribution in [3.63, 3.8) is 0 Å². The molecule has 0 bridgehead atoms. The molecule has 0 saturated heterocycles. The molecule has 2 N–H and O–H groups in total. The van der Waals surface area contributed by atoms with Crippen molar-refractivity contribution in [1.29, 1.82) is 0 Å². The van der Waals surface area contributed by atoms with E-state index in [1.165, 1.54) is 12.3 Å². The summed E-state index contributed by atoms with van der Waals surface area (Å²) in [6, 6.07) is 11.2. The Morgan fingerprint density at radius 2 is 2.04 bits per heavy atom. The number of nitrogens with zero attached hydrogens (tertiary/aromatic N) is 2. The molecule has 2 aromatic heterocycles. The predicted octanol–water partition coefficient (Wildman–Crippen LogP) is 3.19. The van der Waals surface area contributed by atoms with E-state index in [0.717, 1.165) is 0 Å². The van der Waals surface area contributed by atoms with Crippen molar-refractivity contribution in [1.82, 2.24) is 15.3 Å². The lowest BCUT2D eigenvalue weighted by molar-refractivity contribution is 0.0943. The van der Waals surface area contributed by atoms with Gasteiger partial charge in [-0.05, 0) is 37.3 Å². The van der Waals surface area contributed by atoms with Crippen LogP contribution >= 0.6 is 0 Å². The number of halogens is 1. The molecule has 6 nitrogen and oxygen atoms in total. The number of rotatable bonds is 5. The SMILES string of the molecule is Cc1cc(C(=O)NCc2ccco2)nc(Nc2ccccc2F)n1. The Bertz CT molecular complexity index is 850. The third-order valence-electron chi connectivity index (χ3n) is 3.21. The highest BCUT2D eigenvalue weighted by Crippen LogP contribution is 2.17. The Kier molecular flexibility index (Phi) is 4.51. The van der Waals surface area contributed by atoms with Crippen molar-refractivity contribution < 1.29 is 13.6 Å². The minimum Gasteiger partial charge on any atom is -0.467 e. The van der Waals surface area contributed by atoms with E-state index in [0.29, 0.717) is 11.5 Å². The smallest absolute Gasteiger partial charge is 0.270 e. The van der Waals surface area contributed by atoms with Gasteiger partial charge < -0.3 is 15.1 Å². The number of aryl methyl sites for hydroxylation is 1. The van der Waals surface area contributed by atoms with Crippen molar-refractivity contribution >= 4 is 17.5 Å². The van der Waals surface area contributed by atoms with Gasteiger partial charge in [0.15, 0.2) is 0 Å². The van der Waals surface area contributed by atoms with Gasteiger partial charge in [0.25, 0.3) is 5.91 Å². The Morgan fingerprint density at radius 1 is 1.21 bits per heavy atom. The van der Waals surface area contributed by atoms with E-state index in [1.807, 2.05) is 0 Å². The standard InChI is InChI=1S/C17H15FN4O2/c1-11-9-15(16(23)19-10-12-5-4-8-24-12)22-17(20-11)21-14-7-3-2-6-13(14)18/h2-9H,10H2,1H3,(H,19,23)(H,20,21,22). The van der Waals surface area contributed by atoms with Gasteiger partial charge in [-0.3, -0.25) is 4.79 Å². The number of furan rings is 1. The van der Waals surface area contributed by atoms with E-state index >= 15 is 0 Å². The van der Waals surface area contributed by atoms with Crippen LogP contribution in [-0.2, 0) is 6.54 Å². The lowest BCUT2D eigenvalue weighted by Crippen LogP contribution is -2.24. The van der Waals surface area contributed by atoms with Crippen molar-refractivity contribution in [3.8, 4) is 0 Å². The largest absolute Gasteiger partial charge is 0.467 e. The van der Waals surface area contributed by atoms with Crippen molar-refractivity contribution in [2.45, 2.75) is 13.5 Å². The van der Waals surface area contributed by atoms with Gasteiger partial charge in [0.05, 0.1) is 18.5 Å². The molecule has 1 amide bonds. The Hall–Kier alpha value is -3.22. The maximum atomic E-state index is 13.7. The zero-order valence-corrected chi connectivity index (χ0v) is 12.9. The highest BCUT2D eigenvalue weighted by molar-refractivity contribution is 5.92. The van der Waals surface area contributed by atoms with Crippen LogP contribution in [0.1, 0.15) is 21.9 Å². The molecule has 122 valence electrons. The molecule has 0 atom stereocenters. The van der Waals surface area contributed by atoms with E-state index in [4.69, 9.17) is 4.42 Å². The van der Waals surface area contributed by atoms with Crippen LogP contribution < -0.4 is 10.6 Å². The van der Waals surface area contributed by atoms with Crippen molar-refractivity contribution in [2.75, 3.05) is 5.32 Å². The Morgan fingerprint density at radius 3 is 2.79 bits per heavy atom. The van der Waals surface area contributed by atoms with Crippen molar-refractivity contribution in [3.05, 3.63) is 71.7 Å². The minimum atomic E-state index is -0.425. The van der Waals surface area contributed by atoms with Gasteiger partial charge in [-0.2, -0.15) is 0 Å². The van der Waals surface area contributed by atoms with Crippen LogP contribution in [0, 0.1) is 12.7 Å². The van der Waals surface area contributed by atoms with Crippen molar-refractivity contribution in [2.24, 2.45) is 0 Å². The molecule has 3 aromatic rings. The highest BCUT2D eigenvalue weighted by atomic mass is 19.1. The summed E-state index contributed by atoms with van der Waals surface area (Å²) in [6.45, 7) is 1.99. The summed E-state index contributed by atoms with van der Waals surface area (Å²) in [6.07, 6.45) is 1.53. The zero-order chi connectivity index (χ0) is 16.9. The van der Waals surface area contributed by atoms with E-state index < -0.39 is 5.82 Å². The fraction of sp³-hybridized carbons (Fsp3) is 0.118. The van der Waals surface area contributed by atoms with Gasteiger partial charge in [-0.25, -0.2) is 14.4 Å². The normalized spacial score (nSPS) is 10.4. The number of hydrogen-bond donors (Lipinski definition) is 2. The topological polar surface area (TPSA) is 80.0 Å². The Balaban J connectivity index is 1.75. The lowest BCUT2D eigenvalue weighted by atomic mass is 10.3. The third-order valence-corrected chi connectivity index (χ3v) is 3.21. The summed E-state index contributed by atoms with van der Waals surface area (Å²) in [7, 11) is 0. The number of hydrogen-bond acceptors (Lipinski definition) is 5. The molecule has 7 heteroatoms. The molecule has 0 aliphatic heterocycles. The maximum Gasteiger partial charge on any atom is 0.270 e. The van der Waals surface area contributed by atoms with Crippen LogP contribution in [0.4, 0.5) is 16.0 Å². The summed E-state index contributed by atoms with van der Waals surface area (Å²) in [4.78, 5) is 20.5. The van der Waals surface area contributed by atoms with Crippen LogP contribution in [0.5, 0.6) is 0 Å². The first-order valence-electron chi connectivity index (χ1n) is 7.29. The van der Waals surface area contributed by atoms with Gasteiger partial charge >= 0.3 is 0 Å². The first-order valence-corrected chi connectivity index (χ1v) is 7.29. The second-order valence-corrected chi connectivity index (χ2v) is 5.09. The van der Waals surface area contributed by atoms with Crippen LogP contribution in [0.15, 0.2) is 53.1 Å². The first kappa shape index (κ1) is 15.7. The molecule has 0 aliphatic carbocycles. The van der Waals surface area contributed by atoms with Crippen LogP contribution in [0.3, 0.4) is 0 Å². The molecule has 0 spiro atoms. The quantitative estimate of drug-likeness (QED) is 0.752. The minimum absolute atomic E-state index is 0.156. The van der Waals surface area contributed by atoms with Crippen LogP contribution in [0.2, 0.25) is 0 Å². The summed E-state index contributed by atoms with van der Waals surface area (Å²) in [5.74, 6) is 0.00184. The summed E-state index contributed by atoms with van der Waals surface area (Å²) < 4.78 is 18.9. The zero-order valence-electron chi connectivity index (χ0n) is 12.9. The number of para-hydroxylation sites is 1. The van der Waals surface area contributed by atoms with E-state index in [9.17, 15) is 9.18 Å². The third kappa shape index (κ3) is 3.75. The van der Waals surface area contributed by atoms with Gasteiger partial charge in [0, 0.05) is 5.69 Å². The molecule has 24 heavy (non-hydrogen) atoms. The molecular weight excluding hydrogens is 311 g/mol. The maximum absolute atomic E-state index is 13.7. The van der Waals surface area contributed by atoms with E-state index in [1.54, 1.807) is 43.3 Å². The van der Waals surface area contributed by atoms with Gasteiger partial charge in [-0.15, -0.1) is 0 Å². The summed E-state index contributed by atoms with van der Waals surface area (Å²) in [5.41, 5.74) is 1.02.